The van der Waals surface area contributed by atoms with E-state index < -0.39 is 42.0 Å². The van der Waals surface area contributed by atoms with Gasteiger partial charge < -0.3 is 20.1 Å². The number of hydrogen-bond donors (Lipinski definition) is 4. The van der Waals surface area contributed by atoms with E-state index in [9.17, 15) is 19.5 Å². The molecule has 4 N–H and O–H groups in total. The molecule has 2 bridgehead atoms. The van der Waals surface area contributed by atoms with Crippen LogP contribution in [0, 0.1) is 11.8 Å². The van der Waals surface area contributed by atoms with Crippen molar-refractivity contribution in [3.63, 3.8) is 0 Å². The minimum Gasteiger partial charge on any atom is -0.481 e. The predicted molar refractivity (Wildman–Crippen MR) is 76.3 cm³/mol. The molecule has 9 heteroatoms. The fourth-order valence-electron chi connectivity index (χ4n) is 3.30. The van der Waals surface area contributed by atoms with E-state index in [0.717, 1.165) is 5.69 Å². The molecular formula is C14H18N4O5. The van der Waals surface area contributed by atoms with Gasteiger partial charge in [0.05, 0.1) is 30.4 Å². The normalized spacial score (nSPS) is 28.5. The Kier molecular flexibility index (Phi) is 4.28. The van der Waals surface area contributed by atoms with Gasteiger partial charge in [-0.05, 0) is 12.8 Å². The first kappa shape index (κ1) is 15.5. The van der Waals surface area contributed by atoms with Gasteiger partial charge in [0.1, 0.15) is 0 Å². The summed E-state index contributed by atoms with van der Waals surface area (Å²) in [5, 5.41) is 14.0. The number of nitrogens with zero attached hydrogens (tertiary/aromatic N) is 1. The molecule has 2 unspecified atom stereocenters. The van der Waals surface area contributed by atoms with Crippen molar-refractivity contribution >= 4 is 17.9 Å². The molecule has 9 nitrogen and oxygen atoms in total. The Hall–Kier alpha value is -2.42. The first-order chi connectivity index (χ1) is 11.1. The predicted octanol–water partition coefficient (Wildman–Crippen LogP) is -0.344. The van der Waals surface area contributed by atoms with E-state index in [1.165, 1.54) is 0 Å². The van der Waals surface area contributed by atoms with Crippen LogP contribution in [0.4, 0.5) is 4.79 Å². The van der Waals surface area contributed by atoms with Crippen molar-refractivity contribution in [2.45, 2.75) is 31.5 Å². The Morgan fingerprint density at radius 3 is 2.70 bits per heavy atom. The van der Waals surface area contributed by atoms with Gasteiger partial charge in [-0.1, -0.05) is 0 Å². The minimum atomic E-state index is -1.06. The second-order valence-electron chi connectivity index (χ2n) is 5.75. The molecule has 2 fully saturated rings. The van der Waals surface area contributed by atoms with Crippen LogP contribution in [0.5, 0.6) is 0 Å². The summed E-state index contributed by atoms with van der Waals surface area (Å²) in [6.07, 6.45) is 4.18. The number of aromatic amines is 1. The molecule has 2 saturated heterocycles. The maximum absolute atomic E-state index is 12.2. The Morgan fingerprint density at radius 1 is 1.30 bits per heavy atom. The second-order valence-corrected chi connectivity index (χ2v) is 5.75. The number of rotatable bonds is 5. The van der Waals surface area contributed by atoms with Gasteiger partial charge in [0.2, 0.25) is 5.91 Å². The third-order valence-corrected chi connectivity index (χ3v) is 4.33. The fraction of sp³-hybridized carbons (Fsp3) is 0.571. The summed E-state index contributed by atoms with van der Waals surface area (Å²) in [5.41, 5.74) is 0.865. The largest absolute Gasteiger partial charge is 0.481 e. The van der Waals surface area contributed by atoms with Crippen molar-refractivity contribution in [3.8, 4) is 0 Å². The van der Waals surface area contributed by atoms with Crippen LogP contribution in [-0.2, 0) is 20.7 Å². The number of amides is 3. The number of aliphatic carboxylic acids is 1. The monoisotopic (exact) mass is 322 g/mol. The zero-order chi connectivity index (χ0) is 16.4. The van der Waals surface area contributed by atoms with Crippen molar-refractivity contribution in [1.82, 2.24) is 20.6 Å². The lowest BCUT2D eigenvalue weighted by molar-refractivity contribution is -0.147. The molecular weight excluding hydrogens is 304 g/mol. The molecule has 1 aromatic rings. The highest BCUT2D eigenvalue weighted by atomic mass is 16.5. The highest BCUT2D eigenvalue weighted by molar-refractivity contribution is 5.97. The van der Waals surface area contributed by atoms with Gasteiger partial charge in [-0.15, -0.1) is 0 Å². The smallest absolute Gasteiger partial charge is 0.321 e. The molecule has 0 saturated carbocycles. The average Bonchev–Trinajstić information content (AvgIpc) is 3.22. The Morgan fingerprint density at radius 2 is 2.04 bits per heavy atom. The summed E-state index contributed by atoms with van der Waals surface area (Å²) >= 11 is 0. The van der Waals surface area contributed by atoms with Crippen LogP contribution >= 0.6 is 0 Å². The van der Waals surface area contributed by atoms with E-state index in [0.29, 0.717) is 25.8 Å². The Bertz CT molecular complexity index is 602. The lowest BCUT2D eigenvalue weighted by Gasteiger charge is -2.23. The van der Waals surface area contributed by atoms with Crippen molar-refractivity contribution in [3.05, 3.63) is 18.2 Å². The molecule has 23 heavy (non-hydrogen) atoms. The lowest BCUT2D eigenvalue weighted by atomic mass is 9.79. The number of imide groups is 1. The highest BCUT2D eigenvalue weighted by Crippen LogP contribution is 2.43. The van der Waals surface area contributed by atoms with E-state index in [2.05, 4.69) is 20.6 Å². The highest BCUT2D eigenvalue weighted by Gasteiger charge is 2.55. The van der Waals surface area contributed by atoms with Gasteiger partial charge >= 0.3 is 12.0 Å². The zero-order valence-corrected chi connectivity index (χ0v) is 12.3. The Labute approximate surface area is 131 Å². The van der Waals surface area contributed by atoms with E-state index >= 15 is 0 Å². The average molecular weight is 322 g/mol. The maximum Gasteiger partial charge on any atom is 0.321 e. The molecule has 0 aromatic carbocycles. The summed E-state index contributed by atoms with van der Waals surface area (Å²) in [4.78, 5) is 42.1. The van der Waals surface area contributed by atoms with Crippen molar-refractivity contribution in [2.24, 2.45) is 11.8 Å². The number of carboxylic acid groups (broad SMARTS) is 1. The first-order valence-electron chi connectivity index (χ1n) is 7.50. The van der Waals surface area contributed by atoms with Gasteiger partial charge in [0, 0.05) is 24.9 Å². The van der Waals surface area contributed by atoms with E-state index in [1.807, 2.05) is 0 Å². The number of aromatic nitrogens is 2. The van der Waals surface area contributed by atoms with Crippen molar-refractivity contribution in [2.75, 3.05) is 6.54 Å². The molecule has 4 atom stereocenters. The van der Waals surface area contributed by atoms with Crippen LogP contribution in [0.1, 0.15) is 18.5 Å². The maximum atomic E-state index is 12.2. The molecule has 0 aliphatic carbocycles. The molecule has 0 spiro atoms. The van der Waals surface area contributed by atoms with Gasteiger partial charge in [-0.2, -0.15) is 0 Å². The van der Waals surface area contributed by atoms with E-state index in [1.54, 1.807) is 12.5 Å². The number of carbonyl (C=O) groups excluding carboxylic acids is 2. The molecule has 1 aromatic heterocycles. The number of H-pyrrole nitrogens is 1. The van der Waals surface area contributed by atoms with Crippen LogP contribution in [-0.4, -0.2) is 51.7 Å². The number of fused-ring (bicyclic) bond motifs is 2. The molecule has 0 radical (unpaired) electrons. The summed E-state index contributed by atoms with van der Waals surface area (Å²) in [7, 11) is 0. The fourth-order valence-corrected chi connectivity index (χ4v) is 3.30. The summed E-state index contributed by atoms with van der Waals surface area (Å²) in [6, 6.07) is -0.638. The van der Waals surface area contributed by atoms with Crippen molar-refractivity contribution in [1.29, 1.82) is 0 Å². The standard InChI is InChI=1S/C14H18N4O5/c19-12(10-8-1-2-9(23-8)11(10)13(20)21)18-14(22)16-4-3-7-5-15-6-17-7/h5-6,8-11H,1-4H2,(H,15,17)(H,20,21)(H2,16,18,19,22)/t8-,9+,10?,11?/m1/s1. The van der Waals surface area contributed by atoms with Crippen LogP contribution in [0.2, 0.25) is 0 Å². The summed E-state index contributed by atoms with van der Waals surface area (Å²) in [6.45, 7) is 0.330. The van der Waals surface area contributed by atoms with Crippen molar-refractivity contribution < 1.29 is 24.2 Å². The molecule has 3 rings (SSSR count). The third kappa shape index (κ3) is 3.19. The van der Waals surface area contributed by atoms with E-state index in [-0.39, 0.29) is 0 Å². The van der Waals surface area contributed by atoms with Gasteiger partial charge in [0.25, 0.3) is 0 Å². The lowest BCUT2D eigenvalue weighted by Crippen LogP contribution is -2.48. The van der Waals surface area contributed by atoms with Gasteiger partial charge in [0.15, 0.2) is 0 Å². The van der Waals surface area contributed by atoms with Gasteiger partial charge in [-0.3, -0.25) is 14.9 Å². The van der Waals surface area contributed by atoms with Crippen LogP contribution in [0.3, 0.4) is 0 Å². The topological polar surface area (TPSA) is 133 Å². The molecule has 3 amide bonds. The summed E-state index contributed by atoms with van der Waals surface area (Å²) < 4.78 is 5.51. The van der Waals surface area contributed by atoms with Crippen LogP contribution < -0.4 is 10.6 Å². The first-order valence-corrected chi connectivity index (χ1v) is 7.50. The number of nitrogens with one attached hydrogen (secondary N) is 3. The second kappa shape index (κ2) is 6.37. The Balaban J connectivity index is 1.50. The molecule has 2 aliphatic rings. The summed E-state index contributed by atoms with van der Waals surface area (Å²) in [5.74, 6) is -3.35. The van der Waals surface area contributed by atoms with E-state index in [4.69, 9.17) is 4.74 Å². The number of ether oxygens (including phenoxy) is 1. The molecule has 3 heterocycles. The van der Waals surface area contributed by atoms with Crippen LogP contribution in [0.15, 0.2) is 12.5 Å². The number of urea groups is 1. The zero-order valence-electron chi connectivity index (χ0n) is 12.3. The number of hydrogen-bond acceptors (Lipinski definition) is 5. The quantitative estimate of drug-likeness (QED) is 0.586. The molecule has 2 aliphatic heterocycles. The third-order valence-electron chi connectivity index (χ3n) is 4.33. The minimum absolute atomic E-state index is 0.330. The number of carbonyl (C=O) groups is 3. The molecule has 124 valence electrons. The van der Waals surface area contributed by atoms with Crippen LogP contribution in [0.25, 0.3) is 0 Å². The number of carboxylic acids is 1. The van der Waals surface area contributed by atoms with Gasteiger partial charge in [-0.25, -0.2) is 9.78 Å². The number of imidazole rings is 1. The SMILES string of the molecule is O=C(NCCc1cnc[nH]1)NC(=O)C1C(C(=O)O)[C@@H]2CC[C@H]1O2.